The number of benzene rings is 2. The summed E-state index contributed by atoms with van der Waals surface area (Å²) in [6.45, 7) is 3.16. The minimum Gasteiger partial charge on any atom is -0.299 e. The maximum atomic E-state index is 13.8. The smallest absolute Gasteiger partial charge is 0.243 e. The highest BCUT2D eigenvalue weighted by molar-refractivity contribution is 9.10. The van der Waals surface area contributed by atoms with E-state index in [2.05, 4.69) is 49.8 Å². The summed E-state index contributed by atoms with van der Waals surface area (Å²) in [6, 6.07) is 9.99. The Balaban J connectivity index is 0.00000300. The largest absolute Gasteiger partial charge is 0.299 e. The molecule has 160 valence electrons. The van der Waals surface area contributed by atoms with Gasteiger partial charge in [0, 0.05) is 19.6 Å². The Kier molecular flexibility index (Phi) is 9.03. The maximum Gasteiger partial charge on any atom is 0.243 e. The van der Waals surface area contributed by atoms with Gasteiger partial charge in [0.15, 0.2) is 0 Å². The number of sulfonamides is 1. The highest BCUT2D eigenvalue weighted by Crippen LogP contribution is 2.23. The van der Waals surface area contributed by atoms with Crippen molar-refractivity contribution in [3.63, 3.8) is 0 Å². The molecule has 1 aliphatic rings. The molecule has 0 aliphatic carbocycles. The number of halogens is 4. The zero-order valence-electron chi connectivity index (χ0n) is 15.8. The molecule has 9 heteroatoms. The summed E-state index contributed by atoms with van der Waals surface area (Å²) in [4.78, 5) is 1.74. The second kappa shape index (κ2) is 10.8. The van der Waals surface area contributed by atoms with Crippen LogP contribution in [0.1, 0.15) is 30.4 Å². The van der Waals surface area contributed by atoms with Crippen LogP contribution < -0.4 is 4.72 Å². The van der Waals surface area contributed by atoms with E-state index >= 15 is 0 Å². The third-order valence-corrected chi connectivity index (χ3v) is 7.00. The molecule has 1 aliphatic heterocycles. The van der Waals surface area contributed by atoms with E-state index in [0.717, 1.165) is 45.0 Å². The molecule has 3 rings (SSSR count). The van der Waals surface area contributed by atoms with Crippen LogP contribution in [0.15, 0.2) is 45.8 Å². The van der Waals surface area contributed by atoms with Crippen molar-refractivity contribution in [1.29, 1.82) is 0 Å². The molecule has 0 fully saturated rings. The standard InChI is InChI=1S/C20H23BrF2N2O2S.ClH/c21-17-12-19(23)20(13-18(17)22)28(26,27)24-9-4-1-5-10-25-11-8-15-6-2-3-7-16(15)14-25;/h2-3,6-7,12-13,24H,1,4-5,8-11,14H2;1H. The molecule has 4 nitrogen and oxygen atoms in total. The summed E-state index contributed by atoms with van der Waals surface area (Å²) in [6.07, 6.45) is 3.53. The van der Waals surface area contributed by atoms with E-state index in [4.69, 9.17) is 0 Å². The average Bonchev–Trinajstić information content (AvgIpc) is 2.67. The Morgan fingerprint density at radius 3 is 2.52 bits per heavy atom. The summed E-state index contributed by atoms with van der Waals surface area (Å²) >= 11 is 2.84. The van der Waals surface area contributed by atoms with Crippen molar-refractivity contribution < 1.29 is 17.2 Å². The average molecular weight is 510 g/mol. The third kappa shape index (κ3) is 6.46. The lowest BCUT2D eigenvalue weighted by Gasteiger charge is -2.28. The minimum absolute atomic E-state index is 0. The van der Waals surface area contributed by atoms with Crippen molar-refractivity contribution in [2.24, 2.45) is 0 Å². The van der Waals surface area contributed by atoms with Gasteiger partial charge < -0.3 is 0 Å². The van der Waals surface area contributed by atoms with Crippen molar-refractivity contribution in [3.05, 3.63) is 63.6 Å². The van der Waals surface area contributed by atoms with Crippen LogP contribution in [0.25, 0.3) is 0 Å². The van der Waals surface area contributed by atoms with Gasteiger partial charge in [0.2, 0.25) is 10.0 Å². The Hall–Kier alpha value is -1.06. The molecule has 0 unspecified atom stereocenters. The predicted octanol–water partition coefficient (Wildman–Crippen LogP) is 4.66. The number of nitrogens with one attached hydrogen (secondary N) is 1. The van der Waals surface area contributed by atoms with Gasteiger partial charge in [-0.2, -0.15) is 0 Å². The number of hydrogen-bond donors (Lipinski definition) is 1. The Morgan fingerprint density at radius 1 is 1.03 bits per heavy atom. The van der Waals surface area contributed by atoms with Gasteiger partial charge in [-0.1, -0.05) is 30.7 Å². The lowest BCUT2D eigenvalue weighted by Crippen LogP contribution is -2.31. The highest BCUT2D eigenvalue weighted by atomic mass is 79.9. The summed E-state index contributed by atoms with van der Waals surface area (Å²) in [7, 11) is -4.07. The number of fused-ring (bicyclic) bond motifs is 1. The lowest BCUT2D eigenvalue weighted by molar-refractivity contribution is 0.248. The first-order chi connectivity index (χ1) is 13.4. The number of unbranched alkanes of at least 4 members (excludes halogenated alkanes) is 2. The maximum absolute atomic E-state index is 13.8. The first kappa shape index (κ1) is 24.2. The minimum atomic E-state index is -4.07. The molecule has 0 radical (unpaired) electrons. The fourth-order valence-corrected chi connectivity index (χ4v) is 4.84. The third-order valence-electron chi connectivity index (χ3n) is 4.92. The van der Waals surface area contributed by atoms with E-state index in [9.17, 15) is 17.2 Å². The molecule has 0 atom stereocenters. The Morgan fingerprint density at radius 2 is 1.76 bits per heavy atom. The summed E-state index contributed by atoms with van der Waals surface area (Å²) < 4.78 is 54.0. The first-order valence-electron chi connectivity index (χ1n) is 9.30. The molecule has 0 bridgehead atoms. The number of hydrogen-bond acceptors (Lipinski definition) is 3. The van der Waals surface area contributed by atoms with E-state index < -0.39 is 26.6 Å². The molecule has 29 heavy (non-hydrogen) atoms. The molecule has 0 aromatic heterocycles. The highest BCUT2D eigenvalue weighted by Gasteiger charge is 2.21. The van der Waals surface area contributed by atoms with Crippen molar-refractivity contribution in [2.45, 2.75) is 37.1 Å². The van der Waals surface area contributed by atoms with Gasteiger partial charge >= 0.3 is 0 Å². The van der Waals surface area contributed by atoms with Crippen LogP contribution in [0.3, 0.4) is 0 Å². The van der Waals surface area contributed by atoms with Crippen molar-refractivity contribution >= 4 is 38.4 Å². The molecule has 0 spiro atoms. The van der Waals surface area contributed by atoms with Crippen molar-refractivity contribution in [1.82, 2.24) is 9.62 Å². The van der Waals surface area contributed by atoms with Crippen molar-refractivity contribution in [3.8, 4) is 0 Å². The molecule has 1 heterocycles. The molecule has 0 amide bonds. The van der Waals surface area contributed by atoms with Gasteiger partial charge in [-0.05, 0) is 65.0 Å². The molecular formula is C20H24BrClF2N2O2S. The van der Waals surface area contributed by atoms with E-state index in [1.54, 1.807) is 0 Å². The normalized spacial score (nSPS) is 14.3. The molecule has 2 aromatic rings. The Bertz CT molecular complexity index is 944. The topological polar surface area (TPSA) is 49.4 Å². The summed E-state index contributed by atoms with van der Waals surface area (Å²) in [5, 5.41) is 0. The van der Waals surface area contributed by atoms with E-state index in [0.29, 0.717) is 12.5 Å². The number of nitrogens with zero attached hydrogens (tertiary/aromatic N) is 1. The quantitative estimate of drug-likeness (QED) is 0.416. The van der Waals surface area contributed by atoms with Crippen LogP contribution in [0.2, 0.25) is 0 Å². The van der Waals surface area contributed by atoms with Gasteiger partial charge in [0.1, 0.15) is 16.5 Å². The summed E-state index contributed by atoms with van der Waals surface area (Å²) in [5.74, 6) is -1.80. The summed E-state index contributed by atoms with van der Waals surface area (Å²) in [5.41, 5.74) is 2.80. The van der Waals surface area contributed by atoms with E-state index in [-0.39, 0.29) is 23.4 Å². The SMILES string of the molecule is Cl.O=S(=O)(NCCCCCN1CCc2ccccc2C1)c1cc(F)c(Br)cc1F. The van der Waals surface area contributed by atoms with Crippen LogP contribution in [-0.2, 0) is 23.0 Å². The van der Waals surface area contributed by atoms with Gasteiger partial charge in [0.25, 0.3) is 0 Å². The first-order valence-corrected chi connectivity index (χ1v) is 11.6. The van der Waals surface area contributed by atoms with Crippen LogP contribution in [0, 0.1) is 11.6 Å². The van der Waals surface area contributed by atoms with Crippen LogP contribution in [0.5, 0.6) is 0 Å². The number of rotatable bonds is 8. The molecule has 2 aromatic carbocycles. The van der Waals surface area contributed by atoms with Crippen molar-refractivity contribution in [2.75, 3.05) is 19.6 Å². The predicted molar refractivity (Wildman–Crippen MR) is 116 cm³/mol. The van der Waals surface area contributed by atoms with Crippen LogP contribution in [0.4, 0.5) is 8.78 Å². The van der Waals surface area contributed by atoms with Gasteiger partial charge in [-0.15, -0.1) is 12.4 Å². The molecule has 0 saturated carbocycles. The van der Waals surface area contributed by atoms with Crippen LogP contribution >= 0.6 is 28.3 Å². The molecule has 0 saturated heterocycles. The second-order valence-corrected chi connectivity index (χ2v) is 9.54. The fraction of sp³-hybridized carbons (Fsp3) is 0.400. The fourth-order valence-electron chi connectivity index (χ4n) is 3.38. The monoisotopic (exact) mass is 508 g/mol. The Labute approximate surface area is 185 Å². The van der Waals surface area contributed by atoms with E-state index in [1.807, 2.05) is 0 Å². The van der Waals surface area contributed by atoms with E-state index in [1.165, 1.54) is 11.1 Å². The van der Waals surface area contributed by atoms with Gasteiger partial charge in [-0.25, -0.2) is 21.9 Å². The zero-order chi connectivity index (χ0) is 20.1. The lowest BCUT2D eigenvalue weighted by atomic mass is 10.00. The van der Waals surface area contributed by atoms with Crippen LogP contribution in [-0.4, -0.2) is 33.0 Å². The second-order valence-electron chi connectivity index (χ2n) is 6.95. The zero-order valence-corrected chi connectivity index (χ0v) is 19.1. The van der Waals surface area contributed by atoms with Gasteiger partial charge in [0.05, 0.1) is 4.47 Å². The molecule has 1 N–H and O–H groups in total. The van der Waals surface area contributed by atoms with Gasteiger partial charge in [-0.3, -0.25) is 4.90 Å². The molecular weight excluding hydrogens is 486 g/mol.